The second-order valence-corrected chi connectivity index (χ2v) is 6.09. The van der Waals surface area contributed by atoms with Crippen molar-refractivity contribution in [3.8, 4) is 0 Å². The molecule has 1 nitrogen and oxygen atoms in total. The van der Waals surface area contributed by atoms with Crippen molar-refractivity contribution in [2.24, 2.45) is 17.1 Å². The Morgan fingerprint density at radius 2 is 1.81 bits per heavy atom. The average Bonchev–Trinajstić information content (AvgIpc) is 3.15. The zero-order valence-electron chi connectivity index (χ0n) is 11.1. The van der Waals surface area contributed by atoms with Crippen LogP contribution in [-0.2, 0) is 0 Å². The predicted octanol–water partition coefficient (Wildman–Crippen LogP) is 4.36. The number of nitrogens with two attached hydrogens (primary N) is 1. The van der Waals surface area contributed by atoms with Crippen molar-refractivity contribution < 1.29 is 13.2 Å². The van der Waals surface area contributed by atoms with Gasteiger partial charge >= 0.3 is 6.18 Å². The van der Waals surface area contributed by atoms with Gasteiger partial charge in [-0.3, -0.25) is 0 Å². The van der Waals surface area contributed by atoms with Crippen molar-refractivity contribution in [1.82, 2.24) is 0 Å². The van der Waals surface area contributed by atoms with Crippen LogP contribution in [0.3, 0.4) is 0 Å². The molecule has 0 spiro atoms. The smallest absolute Gasteiger partial charge is 0.327 e. The first kappa shape index (κ1) is 14.7. The maximum absolute atomic E-state index is 13.6. The average molecular weight is 314 g/mol. The van der Waals surface area contributed by atoms with Crippen LogP contribution in [0.4, 0.5) is 13.2 Å². The van der Waals surface area contributed by atoms with Crippen LogP contribution in [0.15, 0.2) is 53.6 Å². The van der Waals surface area contributed by atoms with Crippen LogP contribution in [0.25, 0.3) is 0 Å². The zero-order valence-corrected chi connectivity index (χ0v) is 11.9. The largest absolute Gasteiger partial charge is 0.402 e. The lowest BCUT2D eigenvalue weighted by molar-refractivity contribution is -0.198. The van der Waals surface area contributed by atoms with E-state index in [9.17, 15) is 13.2 Å². The summed E-state index contributed by atoms with van der Waals surface area (Å²) < 4.78 is 40.8. The Morgan fingerprint density at radius 1 is 1.19 bits per heavy atom. The SMILES string of the molecule is N[C@H]1C[C@@H]1C1(C(F)(F)F)C=CC(c2ccccc2)C=C1Cl. The highest BCUT2D eigenvalue weighted by molar-refractivity contribution is 6.30. The summed E-state index contributed by atoms with van der Waals surface area (Å²) in [5, 5.41) is -0.163. The third-order valence-electron chi connectivity index (χ3n) is 4.37. The molecule has 5 heteroatoms. The molecule has 2 aliphatic rings. The number of alkyl halides is 3. The van der Waals surface area contributed by atoms with Gasteiger partial charge in [0.25, 0.3) is 0 Å². The van der Waals surface area contributed by atoms with E-state index >= 15 is 0 Å². The highest BCUT2D eigenvalue weighted by Gasteiger charge is 2.66. The number of benzene rings is 1. The molecule has 112 valence electrons. The van der Waals surface area contributed by atoms with Crippen molar-refractivity contribution in [2.75, 3.05) is 0 Å². The van der Waals surface area contributed by atoms with E-state index in [0.29, 0.717) is 6.42 Å². The Labute approximate surface area is 126 Å². The van der Waals surface area contributed by atoms with Crippen molar-refractivity contribution in [1.29, 1.82) is 0 Å². The Hall–Kier alpha value is -1.26. The molecule has 1 saturated carbocycles. The number of rotatable bonds is 2. The van der Waals surface area contributed by atoms with Crippen LogP contribution in [0.2, 0.25) is 0 Å². The van der Waals surface area contributed by atoms with Gasteiger partial charge in [0.1, 0.15) is 5.41 Å². The minimum atomic E-state index is -4.43. The summed E-state index contributed by atoms with van der Waals surface area (Å²) in [7, 11) is 0. The number of allylic oxidation sites excluding steroid dienone is 4. The van der Waals surface area contributed by atoms with Gasteiger partial charge in [0.05, 0.1) is 0 Å². The molecule has 3 rings (SSSR count). The quantitative estimate of drug-likeness (QED) is 0.807. The normalized spacial score (nSPS) is 35.5. The second-order valence-electron chi connectivity index (χ2n) is 5.68. The third-order valence-corrected chi connectivity index (χ3v) is 4.80. The van der Waals surface area contributed by atoms with Crippen molar-refractivity contribution in [3.63, 3.8) is 0 Å². The lowest BCUT2D eigenvalue weighted by Crippen LogP contribution is -2.42. The summed E-state index contributed by atoms with van der Waals surface area (Å²) in [5.74, 6) is -0.890. The van der Waals surface area contributed by atoms with Crippen LogP contribution in [0, 0.1) is 11.3 Å². The van der Waals surface area contributed by atoms with E-state index in [1.807, 2.05) is 30.3 Å². The van der Waals surface area contributed by atoms with Crippen LogP contribution in [0.1, 0.15) is 17.9 Å². The Morgan fingerprint density at radius 3 is 2.29 bits per heavy atom. The van der Waals surface area contributed by atoms with E-state index in [-0.39, 0.29) is 11.0 Å². The Balaban J connectivity index is 1.98. The van der Waals surface area contributed by atoms with Crippen molar-refractivity contribution in [2.45, 2.75) is 24.6 Å². The maximum atomic E-state index is 13.6. The molecule has 1 aromatic carbocycles. The molecule has 0 aromatic heterocycles. The molecule has 21 heavy (non-hydrogen) atoms. The molecule has 0 bridgehead atoms. The van der Waals surface area contributed by atoms with E-state index in [4.69, 9.17) is 17.3 Å². The molecule has 0 radical (unpaired) electrons. The lowest BCUT2D eigenvalue weighted by Gasteiger charge is -2.36. The molecule has 0 aliphatic heterocycles. The zero-order chi connectivity index (χ0) is 15.3. The summed E-state index contributed by atoms with van der Waals surface area (Å²) in [5.41, 5.74) is 4.47. The highest BCUT2D eigenvalue weighted by Crippen LogP contribution is 2.61. The first-order chi connectivity index (χ1) is 9.86. The molecule has 0 heterocycles. The minimum Gasteiger partial charge on any atom is -0.327 e. The van der Waals surface area contributed by atoms with Crippen molar-refractivity contribution >= 4 is 11.6 Å². The van der Waals surface area contributed by atoms with E-state index in [2.05, 4.69) is 0 Å². The molecule has 0 saturated heterocycles. The van der Waals surface area contributed by atoms with E-state index in [1.165, 1.54) is 12.2 Å². The van der Waals surface area contributed by atoms with E-state index in [1.54, 1.807) is 6.08 Å². The monoisotopic (exact) mass is 313 g/mol. The van der Waals surface area contributed by atoms with Gasteiger partial charge in [0.2, 0.25) is 0 Å². The van der Waals surface area contributed by atoms with Crippen LogP contribution in [0.5, 0.6) is 0 Å². The van der Waals surface area contributed by atoms with E-state index < -0.39 is 23.6 Å². The molecule has 2 N–H and O–H groups in total. The molecule has 1 aromatic rings. The fraction of sp³-hybridized carbons (Fsp3) is 0.375. The van der Waals surface area contributed by atoms with Crippen LogP contribution < -0.4 is 5.73 Å². The highest BCUT2D eigenvalue weighted by atomic mass is 35.5. The minimum absolute atomic E-state index is 0.163. The van der Waals surface area contributed by atoms with Gasteiger partial charge in [-0.1, -0.05) is 60.2 Å². The van der Waals surface area contributed by atoms with Gasteiger partial charge < -0.3 is 5.73 Å². The topological polar surface area (TPSA) is 26.0 Å². The van der Waals surface area contributed by atoms with E-state index in [0.717, 1.165) is 5.56 Å². The number of hydrogen-bond acceptors (Lipinski definition) is 1. The number of hydrogen-bond donors (Lipinski definition) is 1. The molecular weight excluding hydrogens is 299 g/mol. The predicted molar refractivity (Wildman–Crippen MR) is 76.8 cm³/mol. The van der Waals surface area contributed by atoms with Gasteiger partial charge in [-0.05, 0) is 17.9 Å². The number of halogens is 4. The summed E-state index contributed by atoms with van der Waals surface area (Å²) in [6, 6.07) is 8.88. The van der Waals surface area contributed by atoms with Crippen molar-refractivity contribution in [3.05, 3.63) is 59.2 Å². The second kappa shape index (κ2) is 4.89. The summed E-state index contributed by atoms with van der Waals surface area (Å²) in [6.45, 7) is 0. The molecule has 0 amide bonds. The Kier molecular flexibility index (Phi) is 3.41. The van der Waals surface area contributed by atoms with Gasteiger partial charge in [-0.2, -0.15) is 13.2 Å². The maximum Gasteiger partial charge on any atom is 0.402 e. The van der Waals surface area contributed by atoms with Gasteiger partial charge in [0.15, 0.2) is 0 Å². The lowest BCUT2D eigenvalue weighted by atomic mass is 9.75. The molecular formula is C16H15ClF3N. The fourth-order valence-electron chi connectivity index (χ4n) is 3.05. The van der Waals surface area contributed by atoms with Gasteiger partial charge in [0, 0.05) is 17.0 Å². The van der Waals surface area contributed by atoms with Gasteiger partial charge in [-0.25, -0.2) is 0 Å². The van der Waals surface area contributed by atoms with Crippen LogP contribution >= 0.6 is 11.6 Å². The summed E-state index contributed by atoms with van der Waals surface area (Å²) in [4.78, 5) is 0. The fourth-order valence-corrected chi connectivity index (χ4v) is 3.49. The summed E-state index contributed by atoms with van der Waals surface area (Å²) >= 11 is 6.10. The molecule has 1 fully saturated rings. The standard InChI is InChI=1S/C16H15ClF3N/c17-14-8-11(10-4-2-1-3-5-10)6-7-15(14,16(18,19)20)12-9-13(12)21/h1-8,11-13H,9,21H2/t11?,12-,13-,15?/m0/s1. The van der Waals surface area contributed by atoms with Gasteiger partial charge in [-0.15, -0.1) is 0 Å². The first-order valence-electron chi connectivity index (χ1n) is 6.80. The molecule has 2 unspecified atom stereocenters. The molecule has 4 atom stereocenters. The third kappa shape index (κ3) is 2.30. The first-order valence-corrected chi connectivity index (χ1v) is 7.18. The Bertz CT molecular complexity index is 593. The summed E-state index contributed by atoms with van der Waals surface area (Å²) in [6.07, 6.45) is 0.209. The molecule has 2 aliphatic carbocycles. The van der Waals surface area contributed by atoms with Crippen LogP contribution in [-0.4, -0.2) is 12.2 Å².